The van der Waals surface area contributed by atoms with E-state index in [0.717, 1.165) is 10.1 Å². The highest BCUT2D eigenvalue weighted by Gasteiger charge is 2.17. The molecule has 0 radical (unpaired) electrons. The first-order valence-electron chi connectivity index (χ1n) is 9.98. The number of amides is 1. The number of hydrogen-bond acceptors (Lipinski definition) is 5. The van der Waals surface area contributed by atoms with Crippen LogP contribution in [0.15, 0.2) is 88.5 Å². The van der Waals surface area contributed by atoms with Gasteiger partial charge in [-0.1, -0.05) is 54.6 Å². The predicted octanol–water partition coefficient (Wildman–Crippen LogP) is 2.06. The standard InChI is InChI=1S/C24H21N3O5/c28-21(17-6-2-1-3-7-17)15-27-23(30)19-8-4-5-9-20(19)26(24(27)31)14-16-10-12-18(13-11-16)22(29)25-32/h1-13,21,28,32H,14-15H2,(H,25,29). The Kier molecular flexibility index (Phi) is 5.98. The van der Waals surface area contributed by atoms with E-state index in [0.29, 0.717) is 16.5 Å². The van der Waals surface area contributed by atoms with Crippen molar-refractivity contribution in [2.24, 2.45) is 0 Å². The first kappa shape index (κ1) is 21.2. The first-order valence-corrected chi connectivity index (χ1v) is 9.98. The van der Waals surface area contributed by atoms with Crippen molar-refractivity contribution in [2.45, 2.75) is 19.2 Å². The normalized spacial score (nSPS) is 11.9. The van der Waals surface area contributed by atoms with Gasteiger partial charge in [-0.15, -0.1) is 0 Å². The monoisotopic (exact) mass is 431 g/mol. The summed E-state index contributed by atoms with van der Waals surface area (Å²) in [4.78, 5) is 37.9. The number of aromatic nitrogens is 2. The number of carbonyl (C=O) groups is 1. The van der Waals surface area contributed by atoms with Crippen LogP contribution in [0.4, 0.5) is 0 Å². The number of hydrogen-bond donors (Lipinski definition) is 3. The third kappa shape index (κ3) is 4.09. The summed E-state index contributed by atoms with van der Waals surface area (Å²) in [5.41, 5.74) is 2.64. The van der Waals surface area contributed by atoms with E-state index in [1.54, 1.807) is 66.1 Å². The largest absolute Gasteiger partial charge is 0.387 e. The highest BCUT2D eigenvalue weighted by Crippen LogP contribution is 2.15. The van der Waals surface area contributed by atoms with E-state index in [1.165, 1.54) is 16.7 Å². The molecule has 1 atom stereocenters. The van der Waals surface area contributed by atoms with Crippen LogP contribution in [0.2, 0.25) is 0 Å². The zero-order valence-corrected chi connectivity index (χ0v) is 17.0. The van der Waals surface area contributed by atoms with E-state index in [-0.39, 0.29) is 18.7 Å². The summed E-state index contributed by atoms with van der Waals surface area (Å²) in [7, 11) is 0. The van der Waals surface area contributed by atoms with Crippen LogP contribution in [0.25, 0.3) is 10.9 Å². The molecule has 32 heavy (non-hydrogen) atoms. The lowest BCUT2D eigenvalue weighted by molar-refractivity contribution is 0.0706. The summed E-state index contributed by atoms with van der Waals surface area (Å²) < 4.78 is 2.52. The van der Waals surface area contributed by atoms with Gasteiger partial charge in [0.2, 0.25) is 0 Å². The Bertz CT molecular complexity index is 1380. The smallest absolute Gasteiger partial charge is 0.331 e. The lowest BCUT2D eigenvalue weighted by Gasteiger charge is -2.17. The van der Waals surface area contributed by atoms with Gasteiger partial charge in [-0.2, -0.15) is 0 Å². The molecule has 0 saturated heterocycles. The molecule has 1 aromatic heterocycles. The van der Waals surface area contributed by atoms with Crippen molar-refractivity contribution in [3.8, 4) is 0 Å². The molecule has 0 bridgehead atoms. The highest BCUT2D eigenvalue weighted by atomic mass is 16.5. The molecule has 0 fully saturated rings. The number of hydroxylamine groups is 1. The van der Waals surface area contributed by atoms with Gasteiger partial charge in [0.05, 0.1) is 30.1 Å². The molecule has 4 rings (SSSR count). The van der Waals surface area contributed by atoms with Gasteiger partial charge >= 0.3 is 5.69 Å². The minimum absolute atomic E-state index is 0.155. The number of nitrogens with one attached hydrogen (secondary N) is 1. The molecule has 4 aromatic rings. The number of carbonyl (C=O) groups excluding carboxylic acids is 1. The lowest BCUT2D eigenvalue weighted by atomic mass is 10.1. The predicted molar refractivity (Wildman–Crippen MR) is 119 cm³/mol. The van der Waals surface area contributed by atoms with E-state index >= 15 is 0 Å². The fraction of sp³-hybridized carbons (Fsp3) is 0.125. The Morgan fingerprint density at radius 1 is 0.875 bits per heavy atom. The minimum atomic E-state index is -1.02. The zero-order chi connectivity index (χ0) is 22.7. The van der Waals surface area contributed by atoms with Crippen LogP contribution in [0.3, 0.4) is 0 Å². The van der Waals surface area contributed by atoms with Gasteiger partial charge in [0, 0.05) is 5.56 Å². The average Bonchev–Trinajstić information content (AvgIpc) is 2.84. The summed E-state index contributed by atoms with van der Waals surface area (Å²) in [6.07, 6.45) is -1.02. The van der Waals surface area contributed by atoms with Crippen molar-refractivity contribution in [3.63, 3.8) is 0 Å². The highest BCUT2D eigenvalue weighted by molar-refractivity contribution is 5.93. The zero-order valence-electron chi connectivity index (χ0n) is 17.0. The van der Waals surface area contributed by atoms with Gasteiger partial charge in [0.25, 0.3) is 11.5 Å². The summed E-state index contributed by atoms with van der Waals surface area (Å²) in [5, 5.41) is 19.7. The van der Waals surface area contributed by atoms with E-state index in [4.69, 9.17) is 5.21 Å². The van der Waals surface area contributed by atoms with Gasteiger partial charge in [-0.05, 0) is 35.4 Å². The van der Waals surface area contributed by atoms with Gasteiger partial charge < -0.3 is 5.11 Å². The van der Waals surface area contributed by atoms with Crippen molar-refractivity contribution in [1.82, 2.24) is 14.6 Å². The number of para-hydroxylation sites is 1. The van der Waals surface area contributed by atoms with E-state index in [9.17, 15) is 19.5 Å². The SMILES string of the molecule is O=C(NO)c1ccc(Cn2c(=O)n(CC(O)c3ccccc3)c(=O)c3ccccc32)cc1. The molecule has 8 heteroatoms. The van der Waals surface area contributed by atoms with Crippen molar-refractivity contribution in [3.05, 3.63) is 116 Å². The van der Waals surface area contributed by atoms with Gasteiger partial charge in [-0.25, -0.2) is 10.3 Å². The van der Waals surface area contributed by atoms with E-state index in [1.807, 2.05) is 6.07 Å². The maximum absolute atomic E-state index is 13.3. The molecular weight excluding hydrogens is 410 g/mol. The average molecular weight is 431 g/mol. The second-order valence-corrected chi connectivity index (χ2v) is 7.37. The number of benzene rings is 3. The molecule has 162 valence electrons. The number of nitrogens with zero attached hydrogens (tertiary/aromatic N) is 2. The van der Waals surface area contributed by atoms with Crippen LogP contribution in [-0.4, -0.2) is 25.4 Å². The maximum Gasteiger partial charge on any atom is 0.331 e. The van der Waals surface area contributed by atoms with Crippen LogP contribution >= 0.6 is 0 Å². The summed E-state index contributed by atoms with van der Waals surface area (Å²) in [6, 6.07) is 22.1. The number of aliphatic hydroxyl groups excluding tert-OH is 1. The van der Waals surface area contributed by atoms with Gasteiger partial charge in [0.1, 0.15) is 0 Å². The summed E-state index contributed by atoms with van der Waals surface area (Å²) >= 11 is 0. The fourth-order valence-corrected chi connectivity index (χ4v) is 3.65. The van der Waals surface area contributed by atoms with Crippen molar-refractivity contribution < 1.29 is 15.1 Å². The third-order valence-electron chi connectivity index (χ3n) is 5.33. The Morgan fingerprint density at radius 2 is 1.53 bits per heavy atom. The van der Waals surface area contributed by atoms with Crippen molar-refractivity contribution >= 4 is 16.8 Å². The molecule has 0 spiro atoms. The van der Waals surface area contributed by atoms with Crippen LogP contribution in [0, 0.1) is 0 Å². The summed E-state index contributed by atoms with van der Waals surface area (Å²) in [6.45, 7) is -0.0236. The van der Waals surface area contributed by atoms with Crippen LogP contribution in [0.5, 0.6) is 0 Å². The second-order valence-electron chi connectivity index (χ2n) is 7.37. The number of fused-ring (bicyclic) bond motifs is 1. The molecule has 3 aromatic carbocycles. The minimum Gasteiger partial charge on any atom is -0.387 e. The second kappa shape index (κ2) is 9.01. The molecule has 0 aliphatic heterocycles. The topological polar surface area (TPSA) is 114 Å². The van der Waals surface area contributed by atoms with Crippen LogP contribution < -0.4 is 16.7 Å². The Hall–Kier alpha value is -4.01. The van der Waals surface area contributed by atoms with Crippen molar-refractivity contribution in [1.29, 1.82) is 0 Å². The van der Waals surface area contributed by atoms with E-state index < -0.39 is 23.3 Å². The molecule has 1 heterocycles. The molecule has 0 aliphatic carbocycles. The molecule has 0 aliphatic rings. The lowest BCUT2D eigenvalue weighted by Crippen LogP contribution is -2.41. The molecule has 1 unspecified atom stereocenters. The Morgan fingerprint density at radius 3 is 2.22 bits per heavy atom. The molecule has 1 amide bonds. The molecule has 8 nitrogen and oxygen atoms in total. The quantitative estimate of drug-likeness (QED) is 0.320. The number of aliphatic hydroxyl groups is 1. The number of rotatable bonds is 6. The van der Waals surface area contributed by atoms with Gasteiger partial charge in [0.15, 0.2) is 0 Å². The van der Waals surface area contributed by atoms with Crippen molar-refractivity contribution in [2.75, 3.05) is 0 Å². The fourth-order valence-electron chi connectivity index (χ4n) is 3.65. The molecule has 0 saturated carbocycles. The Labute approximate surface area is 182 Å². The van der Waals surface area contributed by atoms with E-state index in [2.05, 4.69) is 0 Å². The molecule has 3 N–H and O–H groups in total. The first-order chi connectivity index (χ1) is 15.5. The maximum atomic E-state index is 13.3. The molecular formula is C24H21N3O5. The van der Waals surface area contributed by atoms with Gasteiger partial charge in [-0.3, -0.25) is 23.9 Å². The van der Waals surface area contributed by atoms with Crippen LogP contribution in [0.1, 0.15) is 27.6 Å². The third-order valence-corrected chi connectivity index (χ3v) is 5.33. The van der Waals surface area contributed by atoms with Crippen LogP contribution in [-0.2, 0) is 13.1 Å². The summed E-state index contributed by atoms with van der Waals surface area (Å²) in [5.74, 6) is -0.636. The Balaban J connectivity index is 1.77.